The van der Waals surface area contributed by atoms with Gasteiger partial charge in [-0.05, 0) is 71.3 Å². The van der Waals surface area contributed by atoms with E-state index in [0.717, 1.165) is 44.4 Å². The molecule has 0 bridgehead atoms. The van der Waals surface area contributed by atoms with Crippen molar-refractivity contribution in [1.29, 1.82) is 0 Å². The molecule has 0 unspecified atom stereocenters. The summed E-state index contributed by atoms with van der Waals surface area (Å²) >= 11 is 0. The summed E-state index contributed by atoms with van der Waals surface area (Å²) in [6, 6.07) is 65.5. The molecule has 3 heteroatoms. The maximum atomic E-state index is 6.33. The minimum Gasteiger partial charge on any atom is -0.456 e. The van der Waals surface area contributed by atoms with Crippen LogP contribution >= 0.6 is 0 Å². The van der Waals surface area contributed by atoms with Gasteiger partial charge in [-0.1, -0.05) is 127 Å². The zero-order chi connectivity index (χ0) is 33.5. The summed E-state index contributed by atoms with van der Waals surface area (Å²) < 4.78 is 11.2. The zero-order valence-corrected chi connectivity index (χ0v) is 27.6. The Morgan fingerprint density at radius 3 is 1.61 bits per heavy atom. The molecule has 51 heavy (non-hydrogen) atoms. The van der Waals surface area contributed by atoms with E-state index in [4.69, 9.17) is 4.42 Å². The SMILES string of the molecule is c1ccc(-n2c3ccccc3c3ccc(-c4ccc5c6ccccc6n(-c6ccccc6-c6cccc7oc8ccccc8c67)c5c4)cc32)cc1. The Morgan fingerprint density at radius 2 is 0.863 bits per heavy atom. The van der Waals surface area contributed by atoms with Gasteiger partial charge in [-0.3, -0.25) is 0 Å². The number of para-hydroxylation sites is 5. The maximum absolute atomic E-state index is 6.33. The molecule has 0 aliphatic heterocycles. The number of furan rings is 1. The molecule has 0 saturated heterocycles. The van der Waals surface area contributed by atoms with E-state index in [2.05, 4.69) is 185 Å². The number of benzene rings is 8. The molecule has 0 spiro atoms. The second kappa shape index (κ2) is 10.8. The van der Waals surface area contributed by atoms with Crippen molar-refractivity contribution in [3.05, 3.63) is 182 Å². The predicted molar refractivity (Wildman–Crippen MR) is 213 cm³/mol. The molecular weight excluding hydrogens is 621 g/mol. The first kappa shape index (κ1) is 28.0. The summed E-state index contributed by atoms with van der Waals surface area (Å²) in [7, 11) is 0. The Bertz CT molecular complexity index is 3140. The van der Waals surface area contributed by atoms with Crippen LogP contribution in [-0.2, 0) is 0 Å². The van der Waals surface area contributed by atoms with E-state index in [-0.39, 0.29) is 0 Å². The standard InChI is InChI=1S/C48H30N2O/c1-2-13-33(14-3-1)49-41-20-8-4-15-34(41)37-27-25-31(29-44(37)49)32-26-28-38-35-16-5-9-21-42(35)50(45(38)30-32)43-22-10-6-17-36(43)39-19-12-24-47-48(39)40-18-7-11-23-46(40)51-47/h1-30H. The van der Waals surface area contributed by atoms with Crippen molar-refractivity contribution < 1.29 is 4.42 Å². The van der Waals surface area contributed by atoms with Crippen LogP contribution in [0.2, 0.25) is 0 Å². The van der Waals surface area contributed by atoms with Crippen LogP contribution in [0.4, 0.5) is 0 Å². The van der Waals surface area contributed by atoms with Crippen molar-refractivity contribution >= 4 is 65.6 Å². The van der Waals surface area contributed by atoms with Crippen LogP contribution in [0.1, 0.15) is 0 Å². The number of hydrogen-bond donors (Lipinski definition) is 0. The van der Waals surface area contributed by atoms with Crippen LogP contribution in [0.3, 0.4) is 0 Å². The summed E-state index contributed by atoms with van der Waals surface area (Å²) in [4.78, 5) is 0. The van der Waals surface area contributed by atoms with Crippen molar-refractivity contribution in [1.82, 2.24) is 9.13 Å². The third-order valence-electron chi connectivity index (χ3n) is 10.5. The van der Waals surface area contributed by atoms with Gasteiger partial charge in [0.05, 0.1) is 27.8 Å². The van der Waals surface area contributed by atoms with Gasteiger partial charge in [0.25, 0.3) is 0 Å². The number of nitrogens with zero attached hydrogens (tertiary/aromatic N) is 2. The maximum Gasteiger partial charge on any atom is 0.136 e. The molecule has 3 heterocycles. The summed E-state index contributed by atoms with van der Waals surface area (Å²) in [6.45, 7) is 0. The second-order valence-corrected chi connectivity index (χ2v) is 13.3. The number of fused-ring (bicyclic) bond motifs is 9. The molecule has 0 saturated carbocycles. The normalized spacial score (nSPS) is 11.9. The fourth-order valence-corrected chi connectivity index (χ4v) is 8.31. The molecule has 3 aromatic heterocycles. The molecule has 8 aromatic carbocycles. The Hall–Kier alpha value is -6.84. The molecule has 0 aliphatic carbocycles. The smallest absolute Gasteiger partial charge is 0.136 e. The van der Waals surface area contributed by atoms with E-state index in [9.17, 15) is 0 Å². The Labute approximate surface area is 293 Å². The van der Waals surface area contributed by atoms with E-state index in [1.54, 1.807) is 0 Å². The van der Waals surface area contributed by atoms with Crippen molar-refractivity contribution in [3.8, 4) is 33.6 Å². The molecule has 11 aromatic rings. The van der Waals surface area contributed by atoms with Crippen LogP contribution in [0, 0.1) is 0 Å². The minimum atomic E-state index is 0.899. The lowest BCUT2D eigenvalue weighted by Crippen LogP contribution is -1.97. The van der Waals surface area contributed by atoms with Gasteiger partial charge < -0.3 is 13.6 Å². The third kappa shape index (κ3) is 4.12. The van der Waals surface area contributed by atoms with E-state index in [1.807, 2.05) is 6.07 Å². The highest BCUT2D eigenvalue weighted by molar-refractivity contribution is 6.15. The molecular formula is C48H30N2O. The number of hydrogen-bond acceptors (Lipinski definition) is 1. The predicted octanol–water partition coefficient (Wildman–Crippen LogP) is 13.1. The highest BCUT2D eigenvalue weighted by atomic mass is 16.3. The van der Waals surface area contributed by atoms with E-state index in [0.29, 0.717) is 0 Å². The fourth-order valence-electron chi connectivity index (χ4n) is 8.31. The highest BCUT2D eigenvalue weighted by Crippen LogP contribution is 2.42. The van der Waals surface area contributed by atoms with Crippen LogP contribution in [0.15, 0.2) is 186 Å². The molecule has 0 atom stereocenters. The van der Waals surface area contributed by atoms with E-state index < -0.39 is 0 Å². The average Bonchev–Trinajstić information content (AvgIpc) is 3.85. The van der Waals surface area contributed by atoms with Gasteiger partial charge >= 0.3 is 0 Å². The topological polar surface area (TPSA) is 23.0 Å². The lowest BCUT2D eigenvalue weighted by atomic mass is 9.97. The van der Waals surface area contributed by atoms with Gasteiger partial charge in [-0.15, -0.1) is 0 Å². The molecule has 11 rings (SSSR count). The minimum absolute atomic E-state index is 0.899. The van der Waals surface area contributed by atoms with Crippen molar-refractivity contribution in [2.75, 3.05) is 0 Å². The molecule has 3 nitrogen and oxygen atoms in total. The number of rotatable bonds is 4. The lowest BCUT2D eigenvalue weighted by molar-refractivity contribution is 0.669. The van der Waals surface area contributed by atoms with Crippen LogP contribution in [-0.4, -0.2) is 9.13 Å². The molecule has 0 fully saturated rings. The Morgan fingerprint density at radius 1 is 0.333 bits per heavy atom. The molecule has 0 N–H and O–H groups in total. The van der Waals surface area contributed by atoms with Gasteiger partial charge in [0.2, 0.25) is 0 Å². The lowest BCUT2D eigenvalue weighted by Gasteiger charge is -2.15. The summed E-state index contributed by atoms with van der Waals surface area (Å²) in [6.07, 6.45) is 0. The van der Waals surface area contributed by atoms with Crippen molar-refractivity contribution in [2.24, 2.45) is 0 Å². The van der Waals surface area contributed by atoms with Crippen LogP contribution in [0.25, 0.3) is 99.2 Å². The fraction of sp³-hybridized carbons (Fsp3) is 0. The average molecular weight is 651 g/mol. The summed E-state index contributed by atoms with van der Waals surface area (Å²) in [5.74, 6) is 0. The quantitative estimate of drug-likeness (QED) is 0.186. The monoisotopic (exact) mass is 650 g/mol. The first-order valence-corrected chi connectivity index (χ1v) is 17.4. The first-order chi connectivity index (χ1) is 25.3. The van der Waals surface area contributed by atoms with E-state index in [1.165, 1.54) is 54.7 Å². The summed E-state index contributed by atoms with van der Waals surface area (Å²) in [5, 5.41) is 7.25. The van der Waals surface area contributed by atoms with E-state index >= 15 is 0 Å². The number of aromatic nitrogens is 2. The third-order valence-corrected chi connectivity index (χ3v) is 10.5. The Kier molecular flexibility index (Phi) is 5.96. The molecule has 0 radical (unpaired) electrons. The molecule has 0 aliphatic rings. The summed E-state index contributed by atoms with van der Waals surface area (Å²) in [5.41, 5.74) is 13.6. The van der Waals surface area contributed by atoms with Crippen LogP contribution in [0.5, 0.6) is 0 Å². The zero-order valence-electron chi connectivity index (χ0n) is 27.6. The van der Waals surface area contributed by atoms with Gasteiger partial charge in [-0.25, -0.2) is 0 Å². The molecule has 0 amide bonds. The molecule has 238 valence electrons. The van der Waals surface area contributed by atoms with Gasteiger partial charge in [0.1, 0.15) is 11.2 Å². The van der Waals surface area contributed by atoms with Crippen LogP contribution < -0.4 is 0 Å². The van der Waals surface area contributed by atoms with Crippen molar-refractivity contribution in [3.63, 3.8) is 0 Å². The largest absolute Gasteiger partial charge is 0.456 e. The Balaban J connectivity index is 1.16. The highest BCUT2D eigenvalue weighted by Gasteiger charge is 2.20. The van der Waals surface area contributed by atoms with Gasteiger partial charge in [0.15, 0.2) is 0 Å². The van der Waals surface area contributed by atoms with Gasteiger partial charge in [0, 0.05) is 43.6 Å². The van der Waals surface area contributed by atoms with Crippen molar-refractivity contribution in [2.45, 2.75) is 0 Å². The second-order valence-electron chi connectivity index (χ2n) is 13.3. The van der Waals surface area contributed by atoms with Gasteiger partial charge in [-0.2, -0.15) is 0 Å². The first-order valence-electron chi connectivity index (χ1n) is 17.4.